The number of nitrogens with zero attached hydrogens (tertiary/aromatic N) is 1. The third kappa shape index (κ3) is 2.97. The van der Waals surface area contributed by atoms with Gasteiger partial charge in [0.15, 0.2) is 0 Å². The summed E-state index contributed by atoms with van der Waals surface area (Å²) in [6.07, 6.45) is 3.57. The van der Waals surface area contributed by atoms with E-state index in [1.165, 1.54) is 0 Å². The van der Waals surface area contributed by atoms with Crippen LogP contribution in [0.15, 0.2) is 12.1 Å². The number of aryl methyl sites for hydroxylation is 1. The maximum Gasteiger partial charge on any atom is 0.224 e. The molecule has 2 aliphatic rings. The summed E-state index contributed by atoms with van der Waals surface area (Å²) >= 11 is 0. The maximum atomic E-state index is 11.5. The fourth-order valence-corrected chi connectivity index (χ4v) is 3.29. The monoisotopic (exact) mass is 289 g/mol. The molecule has 0 atom stereocenters. The second-order valence-electron chi connectivity index (χ2n) is 6.00. The molecule has 21 heavy (non-hydrogen) atoms. The van der Waals surface area contributed by atoms with Crippen molar-refractivity contribution in [2.24, 2.45) is 5.92 Å². The third-order valence-electron chi connectivity index (χ3n) is 4.51. The molecule has 2 aliphatic heterocycles. The second kappa shape index (κ2) is 5.93. The van der Waals surface area contributed by atoms with Gasteiger partial charge in [-0.25, -0.2) is 0 Å². The Morgan fingerprint density at radius 1 is 1.33 bits per heavy atom. The summed E-state index contributed by atoms with van der Waals surface area (Å²) in [6, 6.07) is 4.06. The third-order valence-corrected chi connectivity index (χ3v) is 4.51. The number of hydrogen-bond donors (Lipinski definition) is 2. The fraction of sp³-hybridized carbons (Fsp3) is 0.562. The standard InChI is InChI=1S/C16H23N3O2/c1-21-10-11-4-6-19(7-5-11)15-9-14-12(8-13(15)17)2-3-16(20)18-14/h8-9,11H,2-7,10,17H2,1H3,(H,18,20). The van der Waals surface area contributed by atoms with Crippen LogP contribution < -0.4 is 16.0 Å². The Balaban J connectivity index is 1.77. The number of nitrogen functional groups attached to an aromatic ring is 1. The molecule has 3 N–H and O–H groups in total. The van der Waals surface area contributed by atoms with Gasteiger partial charge in [0.25, 0.3) is 0 Å². The molecular formula is C16H23N3O2. The van der Waals surface area contributed by atoms with Crippen LogP contribution in [0, 0.1) is 5.92 Å². The van der Waals surface area contributed by atoms with Gasteiger partial charge in [0, 0.05) is 38.9 Å². The summed E-state index contributed by atoms with van der Waals surface area (Å²) in [5, 5.41) is 2.95. The topological polar surface area (TPSA) is 67.6 Å². The number of methoxy groups -OCH3 is 1. The molecule has 1 aromatic rings. The Bertz CT molecular complexity index is 537. The van der Waals surface area contributed by atoms with Gasteiger partial charge in [-0.05, 0) is 42.9 Å². The summed E-state index contributed by atoms with van der Waals surface area (Å²) in [6.45, 7) is 2.82. The van der Waals surface area contributed by atoms with Crippen LogP contribution in [-0.4, -0.2) is 32.7 Å². The lowest BCUT2D eigenvalue weighted by Gasteiger charge is -2.34. The van der Waals surface area contributed by atoms with E-state index in [-0.39, 0.29) is 5.91 Å². The molecule has 0 radical (unpaired) electrons. The van der Waals surface area contributed by atoms with Crippen LogP contribution in [0.25, 0.3) is 0 Å². The van der Waals surface area contributed by atoms with Crippen molar-refractivity contribution in [3.05, 3.63) is 17.7 Å². The first-order valence-corrected chi connectivity index (χ1v) is 7.63. The first-order chi connectivity index (χ1) is 10.2. The maximum absolute atomic E-state index is 11.5. The zero-order valence-corrected chi connectivity index (χ0v) is 12.5. The predicted molar refractivity (Wildman–Crippen MR) is 84.6 cm³/mol. The molecular weight excluding hydrogens is 266 g/mol. The summed E-state index contributed by atoms with van der Waals surface area (Å²) < 4.78 is 5.24. The van der Waals surface area contributed by atoms with Crippen LogP contribution in [-0.2, 0) is 16.0 Å². The first-order valence-electron chi connectivity index (χ1n) is 7.63. The van der Waals surface area contributed by atoms with Crippen molar-refractivity contribution in [2.75, 3.05) is 42.8 Å². The van der Waals surface area contributed by atoms with E-state index in [0.717, 1.165) is 61.6 Å². The van der Waals surface area contributed by atoms with Crippen LogP contribution in [0.2, 0.25) is 0 Å². The molecule has 114 valence electrons. The van der Waals surface area contributed by atoms with Crippen molar-refractivity contribution in [1.82, 2.24) is 0 Å². The van der Waals surface area contributed by atoms with Crippen LogP contribution in [0.3, 0.4) is 0 Å². The minimum atomic E-state index is 0.0945. The van der Waals surface area contributed by atoms with E-state index in [1.54, 1.807) is 7.11 Å². The molecule has 5 nitrogen and oxygen atoms in total. The number of nitrogens with two attached hydrogens (primary N) is 1. The molecule has 3 rings (SSSR count). The van der Waals surface area contributed by atoms with Gasteiger partial charge in [0.05, 0.1) is 11.4 Å². The van der Waals surface area contributed by atoms with Gasteiger partial charge in [-0.1, -0.05) is 0 Å². The highest BCUT2D eigenvalue weighted by Crippen LogP contribution is 2.35. The number of nitrogens with one attached hydrogen (secondary N) is 1. The predicted octanol–water partition coefficient (Wildman–Crippen LogP) is 2.02. The summed E-state index contributed by atoms with van der Waals surface area (Å²) in [5.41, 5.74) is 10.2. The Morgan fingerprint density at radius 2 is 2.10 bits per heavy atom. The van der Waals surface area contributed by atoms with Crippen LogP contribution in [0.1, 0.15) is 24.8 Å². The zero-order valence-electron chi connectivity index (χ0n) is 12.5. The number of amides is 1. The number of hydrogen-bond acceptors (Lipinski definition) is 4. The molecule has 0 unspecified atom stereocenters. The molecule has 0 aromatic heterocycles. The number of piperidine rings is 1. The van der Waals surface area contributed by atoms with Crippen molar-refractivity contribution in [3.8, 4) is 0 Å². The largest absolute Gasteiger partial charge is 0.397 e. The van der Waals surface area contributed by atoms with Gasteiger partial charge in [-0.2, -0.15) is 0 Å². The van der Waals surface area contributed by atoms with Crippen molar-refractivity contribution in [2.45, 2.75) is 25.7 Å². The smallest absolute Gasteiger partial charge is 0.224 e. The summed E-state index contributed by atoms with van der Waals surface area (Å²) in [7, 11) is 1.76. The van der Waals surface area contributed by atoms with E-state index < -0.39 is 0 Å². The first kappa shape index (κ1) is 14.2. The number of fused-ring (bicyclic) bond motifs is 1. The van der Waals surface area contributed by atoms with Gasteiger partial charge < -0.3 is 20.7 Å². The summed E-state index contributed by atoms with van der Waals surface area (Å²) in [4.78, 5) is 13.9. The summed E-state index contributed by atoms with van der Waals surface area (Å²) in [5.74, 6) is 0.738. The van der Waals surface area contributed by atoms with Crippen molar-refractivity contribution < 1.29 is 9.53 Å². The Morgan fingerprint density at radius 3 is 2.81 bits per heavy atom. The van der Waals surface area contributed by atoms with Gasteiger partial charge in [-0.15, -0.1) is 0 Å². The van der Waals surface area contributed by atoms with E-state index in [9.17, 15) is 4.79 Å². The molecule has 1 saturated heterocycles. The fourth-order valence-electron chi connectivity index (χ4n) is 3.29. The lowest BCUT2D eigenvalue weighted by molar-refractivity contribution is -0.116. The van der Waals surface area contributed by atoms with Crippen molar-refractivity contribution >= 4 is 23.0 Å². The van der Waals surface area contributed by atoms with E-state index in [0.29, 0.717) is 12.3 Å². The van der Waals surface area contributed by atoms with E-state index in [2.05, 4.69) is 10.2 Å². The Hall–Kier alpha value is -1.75. The minimum absolute atomic E-state index is 0.0945. The molecule has 2 heterocycles. The number of rotatable bonds is 3. The molecule has 5 heteroatoms. The molecule has 0 bridgehead atoms. The van der Waals surface area contributed by atoms with Crippen molar-refractivity contribution in [3.63, 3.8) is 0 Å². The number of ether oxygens (including phenoxy) is 1. The average Bonchev–Trinajstić information content (AvgIpc) is 2.48. The van der Waals surface area contributed by atoms with E-state index in [1.807, 2.05) is 12.1 Å². The number of carbonyl (C=O) groups is 1. The molecule has 0 spiro atoms. The lowest BCUT2D eigenvalue weighted by atomic mass is 9.96. The number of anilines is 3. The van der Waals surface area contributed by atoms with Crippen molar-refractivity contribution in [1.29, 1.82) is 0 Å². The van der Waals surface area contributed by atoms with E-state index in [4.69, 9.17) is 10.5 Å². The van der Waals surface area contributed by atoms with Gasteiger partial charge >= 0.3 is 0 Å². The van der Waals surface area contributed by atoms with Crippen LogP contribution >= 0.6 is 0 Å². The molecule has 0 saturated carbocycles. The Kier molecular flexibility index (Phi) is 4.01. The lowest BCUT2D eigenvalue weighted by Crippen LogP contribution is -2.35. The molecule has 0 aliphatic carbocycles. The molecule has 1 amide bonds. The quantitative estimate of drug-likeness (QED) is 0.835. The molecule has 1 aromatic carbocycles. The van der Waals surface area contributed by atoms with E-state index >= 15 is 0 Å². The highest BCUT2D eigenvalue weighted by molar-refractivity contribution is 5.95. The second-order valence-corrected chi connectivity index (χ2v) is 6.00. The normalized spacial score (nSPS) is 19.3. The van der Waals surface area contributed by atoms with Gasteiger partial charge in [0.1, 0.15) is 0 Å². The average molecular weight is 289 g/mol. The van der Waals surface area contributed by atoms with Crippen LogP contribution in [0.4, 0.5) is 17.1 Å². The van der Waals surface area contributed by atoms with Gasteiger partial charge in [-0.3, -0.25) is 4.79 Å². The minimum Gasteiger partial charge on any atom is -0.397 e. The number of carbonyl (C=O) groups excluding carboxylic acids is 1. The highest BCUT2D eigenvalue weighted by atomic mass is 16.5. The SMILES string of the molecule is COCC1CCN(c2cc3c(cc2N)CCC(=O)N3)CC1. The molecule has 1 fully saturated rings. The van der Waals surface area contributed by atoms with Crippen LogP contribution in [0.5, 0.6) is 0 Å². The number of benzene rings is 1. The zero-order chi connectivity index (χ0) is 14.8. The Labute approximate surface area is 125 Å². The highest BCUT2D eigenvalue weighted by Gasteiger charge is 2.23. The van der Waals surface area contributed by atoms with Gasteiger partial charge in [0.2, 0.25) is 5.91 Å².